The molecule has 4 nitrogen and oxygen atoms in total. The molecule has 2 aromatic heterocycles. The second kappa shape index (κ2) is 3.91. The van der Waals surface area contributed by atoms with Crippen molar-refractivity contribution in [1.82, 2.24) is 9.55 Å². The van der Waals surface area contributed by atoms with Crippen molar-refractivity contribution in [2.75, 3.05) is 6.61 Å². The molecule has 72 valence electrons. The van der Waals surface area contributed by atoms with E-state index in [0.717, 1.165) is 10.9 Å². The van der Waals surface area contributed by atoms with Gasteiger partial charge in [-0.15, -0.1) is 0 Å². The highest BCUT2D eigenvalue weighted by atomic mass is 16.5. The summed E-state index contributed by atoms with van der Waals surface area (Å²) in [4.78, 5) is 14.0. The van der Waals surface area contributed by atoms with Crippen LogP contribution in [-0.2, 0) is 16.1 Å². The highest BCUT2D eigenvalue weighted by molar-refractivity contribution is 5.78. The number of hydrogen-bond donors (Lipinski definition) is 0. The van der Waals surface area contributed by atoms with E-state index in [-0.39, 0.29) is 0 Å². The first-order valence-corrected chi connectivity index (χ1v) is 4.36. The van der Waals surface area contributed by atoms with Crippen LogP contribution in [-0.4, -0.2) is 22.6 Å². The molecule has 0 unspecified atom stereocenters. The van der Waals surface area contributed by atoms with Crippen molar-refractivity contribution in [3.63, 3.8) is 0 Å². The Hall–Kier alpha value is -1.84. The first kappa shape index (κ1) is 8.74. The molecule has 0 aromatic carbocycles. The fourth-order valence-electron chi connectivity index (χ4n) is 1.43. The van der Waals surface area contributed by atoms with Crippen LogP contribution in [0.2, 0.25) is 0 Å². The third-order valence-electron chi connectivity index (χ3n) is 2.09. The highest BCUT2D eigenvalue weighted by Crippen LogP contribution is 2.13. The zero-order chi connectivity index (χ0) is 9.80. The Labute approximate surface area is 81.1 Å². The maximum Gasteiger partial charge on any atom is 0.293 e. The van der Waals surface area contributed by atoms with Crippen LogP contribution >= 0.6 is 0 Å². The first-order chi connectivity index (χ1) is 6.92. The summed E-state index contributed by atoms with van der Waals surface area (Å²) in [5.74, 6) is 0. The van der Waals surface area contributed by atoms with Gasteiger partial charge in [0.05, 0.1) is 12.1 Å². The van der Waals surface area contributed by atoms with Gasteiger partial charge in [0, 0.05) is 24.0 Å². The molecule has 0 aliphatic rings. The number of pyridine rings is 1. The van der Waals surface area contributed by atoms with E-state index in [1.54, 1.807) is 6.20 Å². The maximum absolute atomic E-state index is 9.96. The molecule has 4 heteroatoms. The molecular formula is C10H10N2O2. The van der Waals surface area contributed by atoms with Crippen LogP contribution < -0.4 is 0 Å². The molecule has 14 heavy (non-hydrogen) atoms. The van der Waals surface area contributed by atoms with E-state index in [9.17, 15) is 4.79 Å². The second-order valence-electron chi connectivity index (χ2n) is 2.91. The topological polar surface area (TPSA) is 44.1 Å². The van der Waals surface area contributed by atoms with E-state index in [2.05, 4.69) is 9.72 Å². The summed E-state index contributed by atoms with van der Waals surface area (Å²) >= 11 is 0. The van der Waals surface area contributed by atoms with Gasteiger partial charge in [-0.05, 0) is 12.1 Å². The van der Waals surface area contributed by atoms with Crippen molar-refractivity contribution in [1.29, 1.82) is 0 Å². The molecule has 0 fully saturated rings. The van der Waals surface area contributed by atoms with Gasteiger partial charge < -0.3 is 9.30 Å². The summed E-state index contributed by atoms with van der Waals surface area (Å²) in [6.45, 7) is 1.54. The summed E-state index contributed by atoms with van der Waals surface area (Å²) in [5, 5.41) is 1.10. The largest absolute Gasteiger partial charge is 0.466 e. The van der Waals surface area contributed by atoms with Crippen molar-refractivity contribution in [2.45, 2.75) is 6.54 Å². The summed E-state index contributed by atoms with van der Waals surface area (Å²) in [6, 6.07) is 3.93. The van der Waals surface area contributed by atoms with Gasteiger partial charge in [0.2, 0.25) is 0 Å². The van der Waals surface area contributed by atoms with Gasteiger partial charge >= 0.3 is 0 Å². The van der Waals surface area contributed by atoms with E-state index < -0.39 is 0 Å². The lowest BCUT2D eigenvalue weighted by atomic mass is 10.3. The number of ether oxygens (including phenoxy) is 1. The lowest BCUT2D eigenvalue weighted by molar-refractivity contribution is -0.128. The molecule has 0 amide bonds. The van der Waals surface area contributed by atoms with E-state index >= 15 is 0 Å². The Kier molecular flexibility index (Phi) is 2.44. The Morgan fingerprint density at radius 1 is 1.50 bits per heavy atom. The Morgan fingerprint density at radius 2 is 2.43 bits per heavy atom. The first-order valence-electron chi connectivity index (χ1n) is 4.36. The third-order valence-corrected chi connectivity index (χ3v) is 2.09. The van der Waals surface area contributed by atoms with E-state index in [4.69, 9.17) is 0 Å². The number of fused-ring (bicyclic) bond motifs is 1. The van der Waals surface area contributed by atoms with Gasteiger partial charge in [-0.1, -0.05) is 0 Å². The zero-order valence-electron chi connectivity index (χ0n) is 7.59. The molecule has 0 saturated carbocycles. The van der Waals surface area contributed by atoms with Crippen LogP contribution in [0.5, 0.6) is 0 Å². The molecular weight excluding hydrogens is 180 g/mol. The molecule has 0 atom stereocenters. The highest BCUT2D eigenvalue weighted by Gasteiger charge is 1.99. The number of aromatic nitrogens is 2. The molecule has 2 heterocycles. The summed E-state index contributed by atoms with van der Waals surface area (Å²) in [6.07, 6.45) is 5.52. The van der Waals surface area contributed by atoms with Crippen LogP contribution in [0, 0.1) is 0 Å². The average Bonchev–Trinajstić information content (AvgIpc) is 2.63. The summed E-state index contributed by atoms with van der Waals surface area (Å²) < 4.78 is 6.67. The molecule has 2 rings (SSSR count). The number of carbonyl (C=O) groups is 1. The quantitative estimate of drug-likeness (QED) is 0.537. The molecule has 0 saturated heterocycles. The molecule has 0 N–H and O–H groups in total. The smallest absolute Gasteiger partial charge is 0.293 e. The SMILES string of the molecule is O=COCCn1ccc2cnccc21. The molecule has 0 aliphatic carbocycles. The number of nitrogens with zero attached hydrogens (tertiary/aromatic N) is 2. The lowest BCUT2D eigenvalue weighted by Gasteiger charge is -2.03. The predicted molar refractivity (Wildman–Crippen MR) is 51.7 cm³/mol. The van der Waals surface area contributed by atoms with Crippen LogP contribution in [0.4, 0.5) is 0 Å². The van der Waals surface area contributed by atoms with E-state index in [1.165, 1.54) is 0 Å². The van der Waals surface area contributed by atoms with E-state index in [1.807, 2.05) is 29.1 Å². The molecule has 0 spiro atoms. The van der Waals surface area contributed by atoms with Gasteiger partial charge in [0.15, 0.2) is 0 Å². The van der Waals surface area contributed by atoms with Crippen LogP contribution in [0.3, 0.4) is 0 Å². The van der Waals surface area contributed by atoms with Gasteiger partial charge in [-0.2, -0.15) is 0 Å². The predicted octanol–water partition coefficient (Wildman–Crippen LogP) is 1.21. The molecule has 0 aliphatic heterocycles. The van der Waals surface area contributed by atoms with Gasteiger partial charge in [-0.3, -0.25) is 9.78 Å². The number of hydrogen-bond acceptors (Lipinski definition) is 3. The minimum absolute atomic E-state index is 0.398. The van der Waals surface area contributed by atoms with Gasteiger partial charge in [0.25, 0.3) is 6.47 Å². The fourth-order valence-corrected chi connectivity index (χ4v) is 1.43. The van der Waals surface area contributed by atoms with Crippen molar-refractivity contribution in [3.8, 4) is 0 Å². The number of rotatable bonds is 4. The maximum atomic E-state index is 9.96. The Morgan fingerprint density at radius 3 is 3.29 bits per heavy atom. The minimum Gasteiger partial charge on any atom is -0.466 e. The van der Waals surface area contributed by atoms with Gasteiger partial charge in [-0.25, -0.2) is 0 Å². The Balaban J connectivity index is 2.20. The van der Waals surface area contributed by atoms with Crippen molar-refractivity contribution in [2.24, 2.45) is 0 Å². The standard InChI is InChI=1S/C10H10N2O2/c13-8-14-6-5-12-4-2-9-7-11-3-1-10(9)12/h1-4,7-8H,5-6H2. The number of carbonyl (C=O) groups excluding carboxylic acids is 1. The monoisotopic (exact) mass is 190 g/mol. The Bertz CT molecular complexity index is 436. The van der Waals surface area contributed by atoms with Crippen LogP contribution in [0.25, 0.3) is 10.9 Å². The fraction of sp³-hybridized carbons (Fsp3) is 0.200. The minimum atomic E-state index is 0.398. The summed E-state index contributed by atoms with van der Waals surface area (Å²) in [5.41, 5.74) is 1.11. The second-order valence-corrected chi connectivity index (χ2v) is 2.91. The molecule has 2 aromatic rings. The van der Waals surface area contributed by atoms with E-state index in [0.29, 0.717) is 19.6 Å². The summed E-state index contributed by atoms with van der Waals surface area (Å²) in [7, 11) is 0. The van der Waals surface area contributed by atoms with Crippen molar-refractivity contribution in [3.05, 3.63) is 30.7 Å². The normalized spacial score (nSPS) is 10.3. The lowest BCUT2D eigenvalue weighted by Crippen LogP contribution is -2.03. The average molecular weight is 190 g/mol. The van der Waals surface area contributed by atoms with Crippen molar-refractivity contribution < 1.29 is 9.53 Å². The van der Waals surface area contributed by atoms with Crippen LogP contribution in [0.15, 0.2) is 30.7 Å². The van der Waals surface area contributed by atoms with Gasteiger partial charge in [0.1, 0.15) is 6.61 Å². The zero-order valence-corrected chi connectivity index (χ0v) is 7.59. The molecule has 0 bridgehead atoms. The van der Waals surface area contributed by atoms with Crippen LogP contribution in [0.1, 0.15) is 0 Å². The molecule has 0 radical (unpaired) electrons. The third kappa shape index (κ3) is 1.59. The van der Waals surface area contributed by atoms with Crippen molar-refractivity contribution >= 4 is 17.4 Å².